The topological polar surface area (TPSA) is 83.6 Å². The van der Waals surface area contributed by atoms with Crippen molar-refractivity contribution in [1.29, 1.82) is 0 Å². The predicted molar refractivity (Wildman–Crippen MR) is 76.6 cm³/mol. The molecule has 2 unspecified atom stereocenters. The van der Waals surface area contributed by atoms with E-state index >= 15 is 0 Å². The molecule has 1 aromatic rings. The Kier molecular flexibility index (Phi) is 4.39. The van der Waals surface area contributed by atoms with Gasteiger partial charge in [0.05, 0.1) is 6.04 Å². The Morgan fingerprint density at radius 1 is 1.45 bits per heavy atom. The largest absolute Gasteiger partial charge is 0.480 e. The molecule has 0 bridgehead atoms. The molecule has 108 valence electrons. The van der Waals surface area contributed by atoms with E-state index in [1.54, 1.807) is 12.1 Å². The molecule has 0 saturated heterocycles. The number of rotatable bonds is 5. The lowest BCUT2D eigenvalue weighted by molar-refractivity contribution is -0.140. The van der Waals surface area contributed by atoms with Gasteiger partial charge in [0, 0.05) is 12.1 Å². The van der Waals surface area contributed by atoms with Gasteiger partial charge >= 0.3 is 5.97 Å². The van der Waals surface area contributed by atoms with Gasteiger partial charge in [0.15, 0.2) is 0 Å². The number of aliphatic carboxylic acids is 1. The molecule has 2 rings (SSSR count). The Bertz CT molecular complexity index is 516. The molecule has 2 atom stereocenters. The van der Waals surface area contributed by atoms with E-state index in [0.29, 0.717) is 18.5 Å². The summed E-state index contributed by atoms with van der Waals surface area (Å²) in [6, 6.07) is 5.82. The minimum absolute atomic E-state index is 0.296. The van der Waals surface area contributed by atoms with Gasteiger partial charge in [-0.1, -0.05) is 38.0 Å². The predicted octanol–water partition coefficient (Wildman–Crippen LogP) is 1.55. The number of benzene rings is 1. The Balaban J connectivity index is 2.26. The molecule has 0 aromatic heterocycles. The van der Waals surface area contributed by atoms with E-state index in [1.165, 1.54) is 4.90 Å². The van der Waals surface area contributed by atoms with E-state index in [4.69, 9.17) is 5.73 Å². The van der Waals surface area contributed by atoms with Gasteiger partial charge < -0.3 is 10.8 Å². The number of para-hydroxylation sites is 1. The van der Waals surface area contributed by atoms with Crippen LogP contribution in [0.25, 0.3) is 0 Å². The molecule has 1 aliphatic heterocycles. The van der Waals surface area contributed by atoms with E-state index in [0.717, 1.165) is 18.4 Å². The lowest BCUT2D eigenvalue weighted by atomic mass is 10.1. The molecule has 1 aliphatic rings. The Labute approximate surface area is 118 Å². The normalized spacial score (nSPS) is 18.7. The number of nitrogens with zero attached hydrogens (tertiary/aromatic N) is 1. The molecule has 3 N–H and O–H groups in total. The fourth-order valence-electron chi connectivity index (χ4n) is 2.58. The summed E-state index contributed by atoms with van der Waals surface area (Å²) >= 11 is 0. The number of hydrogen-bond donors (Lipinski definition) is 2. The summed E-state index contributed by atoms with van der Waals surface area (Å²) < 4.78 is 0. The number of unbranched alkanes of at least 4 members (excludes halogenated alkanes) is 1. The highest BCUT2D eigenvalue weighted by Gasteiger charge is 2.39. The smallest absolute Gasteiger partial charge is 0.327 e. The van der Waals surface area contributed by atoms with Crippen LogP contribution in [0.4, 0.5) is 5.69 Å². The van der Waals surface area contributed by atoms with Gasteiger partial charge in [-0.15, -0.1) is 0 Å². The molecule has 1 aromatic carbocycles. The minimum Gasteiger partial charge on any atom is -0.480 e. The van der Waals surface area contributed by atoms with Crippen molar-refractivity contribution in [3.63, 3.8) is 0 Å². The molecular weight excluding hydrogens is 256 g/mol. The second kappa shape index (κ2) is 6.05. The standard InChI is InChI=1S/C15H20N2O3/c1-2-3-7-11(16)14(18)17-12-8-5-4-6-10(12)9-13(17)15(19)20/h4-6,8,11,13H,2-3,7,9,16H2,1H3,(H,19,20). The molecule has 1 amide bonds. The number of nitrogens with two attached hydrogens (primary N) is 1. The first-order chi connectivity index (χ1) is 9.56. The van der Waals surface area contributed by atoms with Crippen LogP contribution < -0.4 is 10.6 Å². The first-order valence-electron chi connectivity index (χ1n) is 6.95. The van der Waals surface area contributed by atoms with Crippen molar-refractivity contribution in [3.05, 3.63) is 29.8 Å². The number of anilines is 1. The third-order valence-corrected chi connectivity index (χ3v) is 3.68. The highest BCUT2D eigenvalue weighted by Crippen LogP contribution is 2.32. The highest BCUT2D eigenvalue weighted by atomic mass is 16.4. The maximum Gasteiger partial charge on any atom is 0.327 e. The second-order valence-electron chi connectivity index (χ2n) is 5.14. The number of carboxylic acids is 1. The summed E-state index contributed by atoms with van der Waals surface area (Å²) in [7, 11) is 0. The Morgan fingerprint density at radius 2 is 2.15 bits per heavy atom. The number of amides is 1. The van der Waals surface area contributed by atoms with Crippen molar-refractivity contribution < 1.29 is 14.7 Å². The molecule has 1 heterocycles. The van der Waals surface area contributed by atoms with Crippen molar-refractivity contribution in [1.82, 2.24) is 0 Å². The Hall–Kier alpha value is -1.88. The van der Waals surface area contributed by atoms with Gasteiger partial charge in [-0.3, -0.25) is 9.69 Å². The molecule has 0 radical (unpaired) electrons. The van der Waals surface area contributed by atoms with E-state index in [1.807, 2.05) is 19.1 Å². The second-order valence-corrected chi connectivity index (χ2v) is 5.14. The average molecular weight is 276 g/mol. The fraction of sp³-hybridized carbons (Fsp3) is 0.467. The van der Waals surface area contributed by atoms with Gasteiger partial charge in [0.25, 0.3) is 0 Å². The number of carbonyl (C=O) groups is 2. The highest BCUT2D eigenvalue weighted by molar-refractivity contribution is 6.04. The van der Waals surface area contributed by atoms with Crippen LogP contribution in [0.2, 0.25) is 0 Å². The SMILES string of the molecule is CCCCC(N)C(=O)N1c2ccccc2CC1C(=O)O. The maximum atomic E-state index is 12.5. The lowest BCUT2D eigenvalue weighted by Crippen LogP contribution is -2.50. The Morgan fingerprint density at radius 3 is 2.80 bits per heavy atom. The first-order valence-corrected chi connectivity index (χ1v) is 6.95. The van der Waals surface area contributed by atoms with Crippen LogP contribution in [-0.4, -0.2) is 29.1 Å². The van der Waals surface area contributed by atoms with E-state index < -0.39 is 18.1 Å². The number of hydrogen-bond acceptors (Lipinski definition) is 3. The molecule has 5 heteroatoms. The average Bonchev–Trinajstić information content (AvgIpc) is 2.83. The third-order valence-electron chi connectivity index (χ3n) is 3.68. The van der Waals surface area contributed by atoms with E-state index in [-0.39, 0.29) is 5.91 Å². The van der Waals surface area contributed by atoms with E-state index in [9.17, 15) is 14.7 Å². The zero-order chi connectivity index (χ0) is 14.7. The lowest BCUT2D eigenvalue weighted by Gasteiger charge is -2.25. The zero-order valence-corrected chi connectivity index (χ0v) is 11.6. The summed E-state index contributed by atoms with van der Waals surface area (Å²) in [5, 5.41) is 9.33. The summed E-state index contributed by atoms with van der Waals surface area (Å²) in [6.45, 7) is 2.03. The molecule has 0 fully saturated rings. The van der Waals surface area contributed by atoms with Crippen LogP contribution in [-0.2, 0) is 16.0 Å². The number of carbonyl (C=O) groups excluding carboxylic acids is 1. The van der Waals surface area contributed by atoms with Crippen LogP contribution in [0.5, 0.6) is 0 Å². The molecule has 0 aliphatic carbocycles. The summed E-state index contributed by atoms with van der Waals surface area (Å²) in [6.07, 6.45) is 2.75. The molecule has 0 spiro atoms. The van der Waals surface area contributed by atoms with Crippen LogP contribution in [0.15, 0.2) is 24.3 Å². The van der Waals surface area contributed by atoms with Crippen molar-refractivity contribution in [2.45, 2.75) is 44.7 Å². The quantitative estimate of drug-likeness (QED) is 0.854. The minimum atomic E-state index is -0.989. The van der Waals surface area contributed by atoms with Gasteiger partial charge in [-0.25, -0.2) is 4.79 Å². The van der Waals surface area contributed by atoms with E-state index in [2.05, 4.69) is 0 Å². The van der Waals surface area contributed by atoms with Crippen LogP contribution in [0.3, 0.4) is 0 Å². The van der Waals surface area contributed by atoms with Gasteiger partial charge in [-0.2, -0.15) is 0 Å². The zero-order valence-electron chi connectivity index (χ0n) is 11.6. The summed E-state index contributed by atoms with van der Waals surface area (Å²) in [5.41, 5.74) is 7.48. The summed E-state index contributed by atoms with van der Waals surface area (Å²) in [4.78, 5) is 25.2. The number of carboxylic acid groups (broad SMARTS) is 1. The van der Waals surface area contributed by atoms with Crippen molar-refractivity contribution in [2.24, 2.45) is 5.73 Å². The third kappa shape index (κ3) is 2.67. The van der Waals surface area contributed by atoms with Crippen LogP contribution in [0, 0.1) is 0 Å². The van der Waals surface area contributed by atoms with Crippen LogP contribution >= 0.6 is 0 Å². The van der Waals surface area contributed by atoms with Gasteiger partial charge in [0.1, 0.15) is 6.04 Å². The molecule has 5 nitrogen and oxygen atoms in total. The molecule has 20 heavy (non-hydrogen) atoms. The first kappa shape index (κ1) is 14.5. The van der Waals surface area contributed by atoms with Gasteiger partial charge in [0.2, 0.25) is 5.91 Å². The van der Waals surface area contributed by atoms with Crippen molar-refractivity contribution in [3.8, 4) is 0 Å². The number of fused-ring (bicyclic) bond motifs is 1. The van der Waals surface area contributed by atoms with Crippen molar-refractivity contribution >= 4 is 17.6 Å². The van der Waals surface area contributed by atoms with Gasteiger partial charge in [-0.05, 0) is 18.1 Å². The van der Waals surface area contributed by atoms with Crippen molar-refractivity contribution in [2.75, 3.05) is 4.90 Å². The van der Waals surface area contributed by atoms with Crippen LogP contribution in [0.1, 0.15) is 31.7 Å². The maximum absolute atomic E-state index is 12.5. The molecular formula is C15H20N2O3. The summed E-state index contributed by atoms with van der Waals surface area (Å²) in [5.74, 6) is -1.28. The fourth-order valence-corrected chi connectivity index (χ4v) is 2.58. The molecule has 0 saturated carbocycles. The monoisotopic (exact) mass is 276 g/mol.